The summed E-state index contributed by atoms with van der Waals surface area (Å²) in [5, 5.41) is 20.6. The lowest BCUT2D eigenvalue weighted by atomic mass is 9.83. The number of likely N-dealkylation sites (tertiary alicyclic amines) is 1. The van der Waals surface area contributed by atoms with Gasteiger partial charge in [-0.2, -0.15) is 0 Å². The van der Waals surface area contributed by atoms with E-state index in [1.807, 2.05) is 13.8 Å². The Kier molecular flexibility index (Phi) is 3.76. The summed E-state index contributed by atoms with van der Waals surface area (Å²) in [5.41, 5.74) is -0.774. The summed E-state index contributed by atoms with van der Waals surface area (Å²) >= 11 is 0. The molecule has 1 aromatic heterocycles. The first kappa shape index (κ1) is 14.4. The van der Waals surface area contributed by atoms with Gasteiger partial charge in [0.2, 0.25) is 12.2 Å². The molecule has 1 N–H and O–H groups in total. The second-order valence-electron chi connectivity index (χ2n) is 5.48. The van der Waals surface area contributed by atoms with E-state index in [4.69, 9.17) is 0 Å². The summed E-state index contributed by atoms with van der Waals surface area (Å²) in [6, 6.07) is 0. The second kappa shape index (κ2) is 5.20. The molecule has 0 spiro atoms. The normalized spacial score (nSPS) is 17.1. The Balaban J connectivity index is 1.80. The fourth-order valence-electron chi connectivity index (χ4n) is 2.10. The van der Waals surface area contributed by atoms with Crippen LogP contribution in [0.5, 0.6) is 0 Å². The molecule has 0 aliphatic carbocycles. The molecule has 0 unspecified atom stereocenters. The smallest absolute Gasteiger partial charge is 0.381 e. The zero-order chi connectivity index (χ0) is 14.9. The van der Waals surface area contributed by atoms with Crippen molar-refractivity contribution in [3.05, 3.63) is 22.6 Å². The molecule has 0 atom stereocenters. The molecule has 1 aromatic rings. The molecular formula is C12H18N4O4. The third kappa shape index (κ3) is 2.79. The number of aryl methyl sites for hydroxylation is 1. The van der Waals surface area contributed by atoms with Crippen LogP contribution in [0.15, 0.2) is 12.5 Å². The number of β-amino-alcohol motifs (C(OH)–C–C–N with tert-alkyl or cyclic N) is 1. The van der Waals surface area contributed by atoms with Gasteiger partial charge >= 0.3 is 5.82 Å². The fraction of sp³-hybridized carbons (Fsp3) is 0.667. The molecule has 0 radical (unpaired) electrons. The lowest BCUT2D eigenvalue weighted by Gasteiger charge is -2.49. The van der Waals surface area contributed by atoms with Gasteiger partial charge in [0.15, 0.2) is 0 Å². The Labute approximate surface area is 116 Å². The monoisotopic (exact) mass is 282 g/mol. The number of carbonyl (C=O) groups is 1. The maximum absolute atomic E-state index is 11.9. The van der Waals surface area contributed by atoms with Crippen LogP contribution in [-0.4, -0.2) is 49.1 Å². The Morgan fingerprint density at radius 2 is 2.25 bits per heavy atom. The second-order valence-corrected chi connectivity index (χ2v) is 5.48. The number of aliphatic hydroxyl groups is 1. The molecule has 20 heavy (non-hydrogen) atoms. The van der Waals surface area contributed by atoms with E-state index in [2.05, 4.69) is 4.98 Å². The van der Waals surface area contributed by atoms with E-state index in [1.54, 1.807) is 4.90 Å². The van der Waals surface area contributed by atoms with Crippen LogP contribution in [0.25, 0.3) is 0 Å². The first-order valence-electron chi connectivity index (χ1n) is 6.48. The Hall–Kier alpha value is -1.96. The molecule has 1 fully saturated rings. The Bertz CT molecular complexity index is 519. The van der Waals surface area contributed by atoms with Crippen LogP contribution in [0.2, 0.25) is 0 Å². The molecule has 1 aliphatic rings. The van der Waals surface area contributed by atoms with E-state index in [0.29, 0.717) is 19.6 Å². The molecule has 1 amide bonds. The fourth-order valence-corrected chi connectivity index (χ4v) is 2.10. The number of imidazole rings is 1. The highest BCUT2D eigenvalue weighted by molar-refractivity contribution is 5.77. The van der Waals surface area contributed by atoms with Crippen molar-refractivity contribution in [3.8, 4) is 0 Å². The van der Waals surface area contributed by atoms with Crippen molar-refractivity contribution in [2.75, 3.05) is 13.1 Å². The van der Waals surface area contributed by atoms with E-state index < -0.39 is 10.5 Å². The number of amides is 1. The van der Waals surface area contributed by atoms with Crippen molar-refractivity contribution in [1.29, 1.82) is 0 Å². The van der Waals surface area contributed by atoms with E-state index in [9.17, 15) is 20.0 Å². The van der Waals surface area contributed by atoms with Gasteiger partial charge in [-0.1, -0.05) is 13.8 Å². The van der Waals surface area contributed by atoms with Crippen LogP contribution in [0.4, 0.5) is 5.82 Å². The van der Waals surface area contributed by atoms with Gasteiger partial charge in [-0.25, -0.2) is 0 Å². The van der Waals surface area contributed by atoms with Crippen LogP contribution in [-0.2, 0) is 11.3 Å². The maximum atomic E-state index is 11.9. The van der Waals surface area contributed by atoms with Crippen molar-refractivity contribution in [2.24, 2.45) is 5.92 Å². The molecule has 0 saturated carbocycles. The van der Waals surface area contributed by atoms with E-state index >= 15 is 0 Å². The average molecular weight is 282 g/mol. The van der Waals surface area contributed by atoms with Crippen LogP contribution in [0, 0.1) is 16.0 Å². The Morgan fingerprint density at radius 1 is 1.60 bits per heavy atom. The van der Waals surface area contributed by atoms with Crippen LogP contribution >= 0.6 is 0 Å². The average Bonchev–Trinajstić information content (AvgIpc) is 2.80. The molecule has 2 heterocycles. The summed E-state index contributed by atoms with van der Waals surface area (Å²) in [6.45, 7) is 4.90. The van der Waals surface area contributed by atoms with Gasteiger partial charge in [-0.15, -0.1) is 0 Å². The topological polar surface area (TPSA) is 102 Å². The van der Waals surface area contributed by atoms with Gasteiger partial charge in [-0.05, 0) is 15.8 Å². The number of nitrogens with zero attached hydrogens (tertiary/aromatic N) is 4. The number of rotatable bonds is 5. The minimum atomic E-state index is -0.774. The van der Waals surface area contributed by atoms with E-state index in [0.717, 1.165) is 0 Å². The highest BCUT2D eigenvalue weighted by Gasteiger charge is 2.45. The largest absolute Gasteiger partial charge is 0.386 e. The number of aromatic nitrogens is 2. The summed E-state index contributed by atoms with van der Waals surface area (Å²) in [5.74, 6) is -0.176. The molecule has 0 aromatic carbocycles. The molecular weight excluding hydrogens is 264 g/mol. The number of nitro groups is 1. The van der Waals surface area contributed by atoms with Crippen molar-refractivity contribution in [3.63, 3.8) is 0 Å². The predicted molar refractivity (Wildman–Crippen MR) is 69.9 cm³/mol. The number of carbonyl (C=O) groups excluding carboxylic acids is 1. The number of hydrogen-bond acceptors (Lipinski definition) is 5. The van der Waals surface area contributed by atoms with Crippen molar-refractivity contribution in [1.82, 2.24) is 14.5 Å². The van der Waals surface area contributed by atoms with Gasteiger partial charge in [0.25, 0.3) is 0 Å². The standard InChI is InChI=1S/C12H18N4O4/c1-9(2)12(18)6-15(7-12)11(17)3-4-14-5-10(13-8-14)16(19)20/h5,8-9,18H,3-4,6-7H2,1-2H3. The first-order valence-corrected chi connectivity index (χ1v) is 6.48. The molecule has 110 valence electrons. The molecule has 1 aliphatic heterocycles. The molecule has 0 bridgehead atoms. The highest BCUT2D eigenvalue weighted by Crippen LogP contribution is 2.28. The lowest BCUT2D eigenvalue weighted by Crippen LogP contribution is -2.66. The van der Waals surface area contributed by atoms with Crippen LogP contribution < -0.4 is 0 Å². The highest BCUT2D eigenvalue weighted by atomic mass is 16.6. The molecule has 2 rings (SSSR count). The minimum Gasteiger partial charge on any atom is -0.386 e. The Morgan fingerprint density at radius 3 is 2.75 bits per heavy atom. The third-order valence-corrected chi connectivity index (χ3v) is 3.75. The SMILES string of the molecule is CC(C)C1(O)CN(C(=O)CCn2cnc([N+](=O)[O-])c2)C1. The lowest BCUT2D eigenvalue weighted by molar-refractivity contribution is -0.389. The van der Waals surface area contributed by atoms with Crippen LogP contribution in [0.3, 0.4) is 0 Å². The predicted octanol–water partition coefficient (Wildman–Crippen LogP) is 0.411. The van der Waals surface area contributed by atoms with Crippen molar-refractivity contribution < 1.29 is 14.8 Å². The van der Waals surface area contributed by atoms with Crippen LogP contribution in [0.1, 0.15) is 20.3 Å². The molecule has 8 heteroatoms. The van der Waals surface area contributed by atoms with Gasteiger partial charge in [-0.3, -0.25) is 4.79 Å². The summed E-state index contributed by atoms with van der Waals surface area (Å²) in [6.07, 6.45) is 2.88. The summed E-state index contributed by atoms with van der Waals surface area (Å²) in [4.78, 5) is 27.0. The first-order chi connectivity index (χ1) is 9.32. The van der Waals surface area contributed by atoms with Crippen molar-refractivity contribution in [2.45, 2.75) is 32.4 Å². The maximum Gasteiger partial charge on any atom is 0.381 e. The zero-order valence-electron chi connectivity index (χ0n) is 11.5. The van der Waals surface area contributed by atoms with Gasteiger partial charge < -0.3 is 24.7 Å². The zero-order valence-corrected chi connectivity index (χ0v) is 11.5. The molecule has 8 nitrogen and oxygen atoms in total. The van der Waals surface area contributed by atoms with Gasteiger partial charge in [0.1, 0.15) is 11.8 Å². The van der Waals surface area contributed by atoms with Crippen molar-refractivity contribution >= 4 is 11.7 Å². The molecule has 1 saturated heterocycles. The van der Waals surface area contributed by atoms with E-state index in [1.165, 1.54) is 17.1 Å². The summed E-state index contributed by atoms with van der Waals surface area (Å²) in [7, 11) is 0. The quantitative estimate of drug-likeness (QED) is 0.622. The van der Waals surface area contributed by atoms with Gasteiger partial charge in [0.05, 0.1) is 13.1 Å². The number of hydrogen-bond donors (Lipinski definition) is 1. The van der Waals surface area contributed by atoms with E-state index in [-0.39, 0.29) is 24.1 Å². The minimum absolute atomic E-state index is 0.0633. The van der Waals surface area contributed by atoms with Gasteiger partial charge in [0, 0.05) is 13.0 Å². The summed E-state index contributed by atoms with van der Waals surface area (Å²) < 4.78 is 1.52. The third-order valence-electron chi connectivity index (χ3n) is 3.75.